The molecule has 3 aliphatic rings. The molecule has 0 saturated carbocycles. The van der Waals surface area contributed by atoms with Gasteiger partial charge in [-0.1, -0.05) is 49.4 Å². The van der Waals surface area contributed by atoms with E-state index in [0.717, 1.165) is 67.6 Å². The summed E-state index contributed by atoms with van der Waals surface area (Å²) < 4.78 is 17.6. The van der Waals surface area contributed by atoms with Crippen LogP contribution in [0.15, 0.2) is 77.3 Å². The fourth-order valence-corrected chi connectivity index (χ4v) is 5.74. The van der Waals surface area contributed by atoms with Crippen LogP contribution in [0, 0.1) is 0 Å². The molecule has 6 rings (SSSR count). The lowest BCUT2D eigenvalue weighted by Gasteiger charge is -2.35. The van der Waals surface area contributed by atoms with Gasteiger partial charge in [-0.05, 0) is 29.8 Å². The molecule has 1 atom stereocenters. The summed E-state index contributed by atoms with van der Waals surface area (Å²) in [5.41, 5.74) is 6.59. The van der Waals surface area contributed by atoms with Crippen LogP contribution in [0.2, 0.25) is 0 Å². The van der Waals surface area contributed by atoms with Crippen molar-refractivity contribution in [2.75, 3.05) is 58.5 Å². The molecule has 3 aromatic rings. The van der Waals surface area contributed by atoms with Crippen LogP contribution in [0.3, 0.4) is 0 Å². The van der Waals surface area contributed by atoms with Crippen molar-refractivity contribution in [3.05, 3.63) is 89.0 Å². The number of ether oxygens (including phenoxy) is 3. The quantitative estimate of drug-likeness (QED) is 0.483. The SMILES string of the molecule is CCN1CCN(c2ccc(C3N=C(c4ccccc4)NC4=C3CCOc3cc(OC)cc(OC)c34)cc2)CC1. The van der Waals surface area contributed by atoms with E-state index in [9.17, 15) is 0 Å². The summed E-state index contributed by atoms with van der Waals surface area (Å²) in [6.07, 6.45) is 0.749. The number of hydrogen-bond donors (Lipinski definition) is 1. The van der Waals surface area contributed by atoms with Crippen LogP contribution >= 0.6 is 0 Å². The smallest absolute Gasteiger partial charge is 0.136 e. The van der Waals surface area contributed by atoms with Gasteiger partial charge in [-0.25, -0.2) is 0 Å². The number of fused-ring (bicyclic) bond motifs is 2. The van der Waals surface area contributed by atoms with E-state index in [1.807, 2.05) is 30.3 Å². The molecule has 0 aromatic heterocycles. The van der Waals surface area contributed by atoms with Crippen LogP contribution in [0.5, 0.6) is 17.2 Å². The summed E-state index contributed by atoms with van der Waals surface area (Å²) in [6.45, 7) is 8.24. The van der Waals surface area contributed by atoms with Crippen molar-refractivity contribution in [2.45, 2.75) is 19.4 Å². The van der Waals surface area contributed by atoms with Gasteiger partial charge in [-0.2, -0.15) is 0 Å². The number of aliphatic imine (C=N–C) groups is 1. The lowest BCUT2D eigenvalue weighted by Crippen LogP contribution is -2.46. The van der Waals surface area contributed by atoms with Gasteiger partial charge in [-0.3, -0.25) is 4.99 Å². The van der Waals surface area contributed by atoms with Gasteiger partial charge in [0.2, 0.25) is 0 Å². The molecule has 39 heavy (non-hydrogen) atoms. The molecular weight excluding hydrogens is 488 g/mol. The molecule has 7 heteroatoms. The van der Waals surface area contributed by atoms with Crippen molar-refractivity contribution in [1.82, 2.24) is 10.2 Å². The molecule has 202 valence electrons. The molecule has 1 fully saturated rings. The maximum absolute atomic E-state index is 6.26. The number of likely N-dealkylation sites (N-methyl/N-ethyl adjacent to an activating group) is 1. The summed E-state index contributed by atoms with van der Waals surface area (Å²) in [4.78, 5) is 10.3. The lowest BCUT2D eigenvalue weighted by atomic mass is 9.90. The minimum Gasteiger partial charge on any atom is -0.496 e. The first-order chi connectivity index (χ1) is 19.2. The van der Waals surface area contributed by atoms with Crippen molar-refractivity contribution >= 4 is 17.2 Å². The minimum absolute atomic E-state index is 0.135. The Kier molecular flexibility index (Phi) is 7.16. The highest BCUT2D eigenvalue weighted by atomic mass is 16.5. The van der Waals surface area contributed by atoms with Crippen LogP contribution in [-0.2, 0) is 0 Å². The van der Waals surface area contributed by atoms with Crippen LogP contribution in [0.25, 0.3) is 5.70 Å². The average molecular weight is 525 g/mol. The average Bonchev–Trinajstić information content (AvgIpc) is 3.20. The van der Waals surface area contributed by atoms with Gasteiger partial charge in [0.25, 0.3) is 0 Å². The molecular formula is C32H36N4O3. The lowest BCUT2D eigenvalue weighted by molar-refractivity contribution is 0.271. The zero-order chi connectivity index (χ0) is 26.8. The van der Waals surface area contributed by atoms with Crippen molar-refractivity contribution in [1.29, 1.82) is 0 Å². The number of benzene rings is 3. The van der Waals surface area contributed by atoms with E-state index in [1.165, 1.54) is 16.8 Å². The maximum Gasteiger partial charge on any atom is 0.136 e. The van der Waals surface area contributed by atoms with E-state index < -0.39 is 0 Å². The van der Waals surface area contributed by atoms with Crippen LogP contribution in [-0.4, -0.2) is 64.3 Å². The Balaban J connectivity index is 1.42. The standard InChI is InChI=1S/C32H36N4O3/c1-4-35-15-17-36(18-16-35)24-12-10-22(11-13-24)30-26-14-19-39-28-21-25(37-2)20-27(38-3)29(28)31(26)34-32(33-30)23-8-6-5-7-9-23/h5-13,20-21,30H,4,14-19H2,1-3H3,(H,33,34). The zero-order valence-corrected chi connectivity index (χ0v) is 22.9. The van der Waals surface area contributed by atoms with E-state index >= 15 is 0 Å². The van der Waals surface area contributed by atoms with Crippen molar-refractivity contribution in [3.63, 3.8) is 0 Å². The van der Waals surface area contributed by atoms with Crippen LogP contribution in [0.1, 0.15) is 36.1 Å². The van der Waals surface area contributed by atoms with Crippen LogP contribution in [0.4, 0.5) is 5.69 Å². The summed E-state index contributed by atoms with van der Waals surface area (Å²) in [5, 5.41) is 3.67. The second-order valence-corrected chi connectivity index (χ2v) is 10.1. The number of nitrogens with one attached hydrogen (secondary N) is 1. The second-order valence-electron chi connectivity index (χ2n) is 10.1. The molecule has 1 unspecified atom stereocenters. The van der Waals surface area contributed by atoms with E-state index in [2.05, 4.69) is 58.4 Å². The van der Waals surface area contributed by atoms with Gasteiger partial charge in [0, 0.05) is 56.0 Å². The zero-order valence-electron chi connectivity index (χ0n) is 22.9. The minimum atomic E-state index is -0.135. The van der Waals surface area contributed by atoms with Gasteiger partial charge in [0.15, 0.2) is 0 Å². The second kappa shape index (κ2) is 11.0. The highest BCUT2D eigenvalue weighted by Gasteiger charge is 2.32. The largest absolute Gasteiger partial charge is 0.496 e. The first kappa shape index (κ1) is 25.3. The first-order valence-electron chi connectivity index (χ1n) is 13.8. The molecule has 0 bridgehead atoms. The first-order valence-corrected chi connectivity index (χ1v) is 13.8. The third-order valence-electron chi connectivity index (χ3n) is 7.97. The van der Waals surface area contributed by atoms with Crippen molar-refractivity contribution in [2.24, 2.45) is 4.99 Å². The molecule has 0 spiro atoms. The Bertz CT molecular complexity index is 1380. The molecule has 7 nitrogen and oxygen atoms in total. The maximum atomic E-state index is 6.26. The van der Waals surface area contributed by atoms with E-state index in [-0.39, 0.29) is 6.04 Å². The molecule has 1 N–H and O–H groups in total. The number of rotatable bonds is 6. The van der Waals surface area contributed by atoms with Gasteiger partial charge in [-0.15, -0.1) is 0 Å². The fraction of sp³-hybridized carbons (Fsp3) is 0.344. The third-order valence-corrected chi connectivity index (χ3v) is 7.97. The monoisotopic (exact) mass is 524 g/mol. The Hall–Kier alpha value is -3.97. The molecule has 3 heterocycles. The summed E-state index contributed by atoms with van der Waals surface area (Å²) in [6, 6.07) is 23.0. The predicted octanol–water partition coefficient (Wildman–Crippen LogP) is 5.13. The van der Waals surface area contributed by atoms with Crippen LogP contribution < -0.4 is 24.4 Å². The Morgan fingerprint density at radius 3 is 2.41 bits per heavy atom. The number of nitrogens with zero attached hydrogens (tertiary/aromatic N) is 3. The predicted molar refractivity (Wildman–Crippen MR) is 156 cm³/mol. The molecule has 0 amide bonds. The molecule has 3 aliphatic heterocycles. The molecule has 0 aliphatic carbocycles. The third kappa shape index (κ3) is 4.94. The number of anilines is 1. The topological polar surface area (TPSA) is 58.6 Å². The summed E-state index contributed by atoms with van der Waals surface area (Å²) in [7, 11) is 3.34. The Morgan fingerprint density at radius 1 is 0.949 bits per heavy atom. The number of amidine groups is 1. The van der Waals surface area contributed by atoms with E-state index in [0.29, 0.717) is 18.1 Å². The highest BCUT2D eigenvalue weighted by Crippen LogP contribution is 2.46. The number of hydrogen-bond acceptors (Lipinski definition) is 7. The van der Waals surface area contributed by atoms with Gasteiger partial charge in [0.05, 0.1) is 32.1 Å². The molecule has 3 aromatic carbocycles. The summed E-state index contributed by atoms with van der Waals surface area (Å²) in [5.74, 6) is 3.00. The van der Waals surface area contributed by atoms with Gasteiger partial charge in [0.1, 0.15) is 29.1 Å². The molecule has 0 radical (unpaired) electrons. The number of methoxy groups -OCH3 is 2. The Labute approximate surface area is 230 Å². The fourth-order valence-electron chi connectivity index (χ4n) is 5.74. The highest BCUT2D eigenvalue weighted by molar-refractivity contribution is 6.06. The van der Waals surface area contributed by atoms with Crippen molar-refractivity contribution < 1.29 is 14.2 Å². The van der Waals surface area contributed by atoms with E-state index in [1.54, 1.807) is 14.2 Å². The van der Waals surface area contributed by atoms with Gasteiger partial charge >= 0.3 is 0 Å². The summed E-state index contributed by atoms with van der Waals surface area (Å²) >= 11 is 0. The van der Waals surface area contributed by atoms with E-state index in [4.69, 9.17) is 19.2 Å². The Morgan fingerprint density at radius 2 is 1.72 bits per heavy atom. The molecule has 1 saturated heterocycles. The number of piperazine rings is 1. The van der Waals surface area contributed by atoms with Crippen molar-refractivity contribution in [3.8, 4) is 17.2 Å². The normalized spacial score (nSPS) is 19.2. The van der Waals surface area contributed by atoms with Gasteiger partial charge < -0.3 is 29.3 Å².